The lowest BCUT2D eigenvalue weighted by atomic mass is 10.0. The maximum atomic E-state index is 5.80. The average molecular weight is 221 g/mol. The number of rotatable bonds is 3. The molecule has 0 N–H and O–H groups in total. The smallest absolute Gasteiger partial charge is 0.147 e. The Balaban J connectivity index is 2.00. The summed E-state index contributed by atoms with van der Waals surface area (Å²) in [6.07, 6.45) is 0. The molecular formula is C13H19NO2. The third kappa shape index (κ3) is 2.97. The molecule has 0 amide bonds. The third-order valence-electron chi connectivity index (χ3n) is 2.73. The number of hydrogen-bond donors (Lipinski definition) is 0. The Morgan fingerprint density at radius 2 is 2.00 bits per heavy atom. The molecule has 3 heteroatoms. The first-order valence-corrected chi connectivity index (χ1v) is 5.86. The first kappa shape index (κ1) is 11.4. The highest BCUT2D eigenvalue weighted by atomic mass is 16.7. The fourth-order valence-corrected chi connectivity index (χ4v) is 1.72. The Morgan fingerprint density at radius 1 is 1.25 bits per heavy atom. The van der Waals surface area contributed by atoms with Crippen molar-refractivity contribution in [2.75, 3.05) is 26.3 Å². The van der Waals surface area contributed by atoms with Gasteiger partial charge in [0.15, 0.2) is 0 Å². The van der Waals surface area contributed by atoms with Crippen LogP contribution in [0.5, 0.6) is 5.75 Å². The van der Waals surface area contributed by atoms with Crippen molar-refractivity contribution in [3.8, 4) is 5.75 Å². The molecule has 16 heavy (non-hydrogen) atoms. The van der Waals surface area contributed by atoms with Crippen molar-refractivity contribution in [2.24, 2.45) is 0 Å². The molecule has 88 valence electrons. The van der Waals surface area contributed by atoms with Crippen molar-refractivity contribution >= 4 is 0 Å². The van der Waals surface area contributed by atoms with Gasteiger partial charge in [0.05, 0.1) is 26.3 Å². The van der Waals surface area contributed by atoms with Crippen LogP contribution in [0.25, 0.3) is 0 Å². The molecule has 0 aromatic heterocycles. The second kappa shape index (κ2) is 5.32. The second-order valence-electron chi connectivity index (χ2n) is 4.36. The van der Waals surface area contributed by atoms with Gasteiger partial charge in [-0.15, -0.1) is 5.06 Å². The van der Waals surface area contributed by atoms with E-state index < -0.39 is 0 Å². The number of morpholine rings is 1. The van der Waals surface area contributed by atoms with Crippen LogP contribution in [0.1, 0.15) is 25.3 Å². The maximum Gasteiger partial charge on any atom is 0.147 e. The lowest BCUT2D eigenvalue weighted by molar-refractivity contribution is -0.118. The molecule has 1 heterocycles. The zero-order valence-corrected chi connectivity index (χ0v) is 9.98. The Morgan fingerprint density at radius 3 is 2.69 bits per heavy atom. The van der Waals surface area contributed by atoms with Crippen molar-refractivity contribution in [1.82, 2.24) is 5.06 Å². The second-order valence-corrected chi connectivity index (χ2v) is 4.36. The van der Waals surface area contributed by atoms with Crippen molar-refractivity contribution in [2.45, 2.75) is 19.8 Å². The zero-order chi connectivity index (χ0) is 11.4. The van der Waals surface area contributed by atoms with Crippen molar-refractivity contribution < 1.29 is 9.57 Å². The molecule has 1 aromatic carbocycles. The molecule has 0 atom stereocenters. The van der Waals surface area contributed by atoms with E-state index in [1.165, 1.54) is 5.56 Å². The van der Waals surface area contributed by atoms with Gasteiger partial charge in [0.1, 0.15) is 5.75 Å². The highest BCUT2D eigenvalue weighted by molar-refractivity contribution is 5.30. The van der Waals surface area contributed by atoms with Crippen LogP contribution in [0.15, 0.2) is 24.3 Å². The fraction of sp³-hybridized carbons (Fsp3) is 0.538. The Kier molecular flexibility index (Phi) is 3.80. The van der Waals surface area contributed by atoms with Crippen LogP contribution in [0.2, 0.25) is 0 Å². The summed E-state index contributed by atoms with van der Waals surface area (Å²) < 4.78 is 5.28. The number of hydrogen-bond acceptors (Lipinski definition) is 3. The molecular weight excluding hydrogens is 202 g/mol. The van der Waals surface area contributed by atoms with Crippen LogP contribution in [0, 0.1) is 0 Å². The van der Waals surface area contributed by atoms with Gasteiger partial charge in [-0.1, -0.05) is 26.0 Å². The quantitative estimate of drug-likeness (QED) is 0.782. The molecule has 3 nitrogen and oxygen atoms in total. The third-order valence-corrected chi connectivity index (χ3v) is 2.73. The van der Waals surface area contributed by atoms with Gasteiger partial charge in [0, 0.05) is 0 Å². The van der Waals surface area contributed by atoms with Crippen LogP contribution in [0.4, 0.5) is 0 Å². The molecule has 1 aromatic rings. The van der Waals surface area contributed by atoms with Crippen molar-refractivity contribution in [1.29, 1.82) is 0 Å². The standard InChI is InChI=1S/C13H19NO2/c1-11(2)12-4-3-5-13(10-12)16-14-6-8-15-9-7-14/h3-5,10-11H,6-9H2,1-2H3. The summed E-state index contributed by atoms with van der Waals surface area (Å²) in [6, 6.07) is 8.30. The van der Waals surface area contributed by atoms with E-state index >= 15 is 0 Å². The van der Waals surface area contributed by atoms with Gasteiger partial charge in [-0.3, -0.25) is 0 Å². The molecule has 0 aliphatic carbocycles. The van der Waals surface area contributed by atoms with Crippen molar-refractivity contribution in [3.63, 3.8) is 0 Å². The Hall–Kier alpha value is -1.06. The predicted molar refractivity (Wildman–Crippen MR) is 63.6 cm³/mol. The zero-order valence-electron chi connectivity index (χ0n) is 9.98. The normalized spacial score (nSPS) is 17.7. The number of ether oxygens (including phenoxy) is 1. The predicted octanol–water partition coefficient (Wildman–Crippen LogP) is 2.44. The summed E-state index contributed by atoms with van der Waals surface area (Å²) in [7, 11) is 0. The van der Waals surface area contributed by atoms with Crippen LogP contribution < -0.4 is 4.84 Å². The molecule has 0 radical (unpaired) electrons. The average Bonchev–Trinajstić information content (AvgIpc) is 2.30. The largest absolute Gasteiger partial charge is 0.406 e. The van der Waals surface area contributed by atoms with Crippen molar-refractivity contribution in [3.05, 3.63) is 29.8 Å². The summed E-state index contributed by atoms with van der Waals surface area (Å²) in [5.74, 6) is 1.46. The highest BCUT2D eigenvalue weighted by Gasteiger charge is 2.12. The van der Waals surface area contributed by atoms with E-state index in [0.29, 0.717) is 5.92 Å². The van der Waals surface area contributed by atoms with Crippen LogP contribution in [-0.2, 0) is 4.74 Å². The molecule has 1 aliphatic heterocycles. The summed E-state index contributed by atoms with van der Waals surface area (Å²) in [6.45, 7) is 7.56. The molecule has 0 saturated carbocycles. The van der Waals surface area contributed by atoms with Crippen LogP contribution in [-0.4, -0.2) is 31.4 Å². The SMILES string of the molecule is CC(C)c1cccc(ON2CCOCC2)c1. The fourth-order valence-electron chi connectivity index (χ4n) is 1.72. The van der Waals surface area contributed by atoms with Crippen LogP contribution >= 0.6 is 0 Å². The Bertz CT molecular complexity index is 332. The molecule has 1 saturated heterocycles. The first-order chi connectivity index (χ1) is 7.75. The number of nitrogens with zero attached hydrogens (tertiary/aromatic N) is 1. The Labute approximate surface area is 96.9 Å². The van der Waals surface area contributed by atoms with E-state index in [4.69, 9.17) is 9.57 Å². The van der Waals surface area contributed by atoms with Gasteiger partial charge in [-0.05, 0) is 23.6 Å². The van der Waals surface area contributed by atoms with E-state index in [2.05, 4.69) is 26.0 Å². The summed E-state index contributed by atoms with van der Waals surface area (Å²) in [5.41, 5.74) is 1.31. The molecule has 0 bridgehead atoms. The monoisotopic (exact) mass is 221 g/mol. The summed E-state index contributed by atoms with van der Waals surface area (Å²) in [4.78, 5) is 5.80. The topological polar surface area (TPSA) is 21.7 Å². The highest BCUT2D eigenvalue weighted by Crippen LogP contribution is 2.20. The molecule has 1 aliphatic rings. The van der Waals surface area contributed by atoms with E-state index in [1.54, 1.807) is 0 Å². The van der Waals surface area contributed by atoms with E-state index in [0.717, 1.165) is 32.1 Å². The summed E-state index contributed by atoms with van der Waals surface area (Å²) >= 11 is 0. The lowest BCUT2D eigenvalue weighted by Crippen LogP contribution is -2.38. The van der Waals surface area contributed by atoms with Gasteiger partial charge in [-0.2, -0.15) is 0 Å². The van der Waals surface area contributed by atoms with Gasteiger partial charge in [-0.25, -0.2) is 0 Å². The van der Waals surface area contributed by atoms with Crippen LogP contribution in [0.3, 0.4) is 0 Å². The van der Waals surface area contributed by atoms with E-state index in [1.807, 2.05) is 17.2 Å². The van der Waals surface area contributed by atoms with E-state index in [9.17, 15) is 0 Å². The van der Waals surface area contributed by atoms with E-state index in [-0.39, 0.29) is 0 Å². The minimum atomic E-state index is 0.535. The lowest BCUT2D eigenvalue weighted by Gasteiger charge is -2.26. The molecule has 0 spiro atoms. The minimum absolute atomic E-state index is 0.535. The van der Waals surface area contributed by atoms with Gasteiger partial charge in [0.25, 0.3) is 0 Å². The molecule has 2 rings (SSSR count). The molecule has 0 unspecified atom stereocenters. The maximum absolute atomic E-state index is 5.80. The first-order valence-electron chi connectivity index (χ1n) is 5.86. The van der Waals surface area contributed by atoms with Gasteiger partial charge < -0.3 is 9.57 Å². The number of hydroxylamine groups is 2. The molecule has 1 fully saturated rings. The van der Waals surface area contributed by atoms with Gasteiger partial charge >= 0.3 is 0 Å². The number of benzene rings is 1. The minimum Gasteiger partial charge on any atom is -0.406 e. The summed E-state index contributed by atoms with van der Waals surface area (Å²) in [5, 5.41) is 1.96. The van der Waals surface area contributed by atoms with Gasteiger partial charge in [0.2, 0.25) is 0 Å².